The summed E-state index contributed by atoms with van der Waals surface area (Å²) in [5.74, 6) is -4.02. The fraction of sp³-hybridized carbons (Fsp3) is 0.500. The van der Waals surface area contributed by atoms with Gasteiger partial charge in [0.2, 0.25) is 5.91 Å². The van der Waals surface area contributed by atoms with Crippen molar-refractivity contribution in [2.45, 2.75) is 44.1 Å². The van der Waals surface area contributed by atoms with Crippen LogP contribution >= 0.6 is 0 Å². The highest BCUT2D eigenvalue weighted by Crippen LogP contribution is 2.46. The number of hydrogen-bond donors (Lipinski definition) is 1. The minimum absolute atomic E-state index is 0.0466. The third-order valence-corrected chi connectivity index (χ3v) is 6.81. The molecule has 1 aromatic heterocycles. The van der Waals surface area contributed by atoms with Crippen molar-refractivity contribution in [1.29, 1.82) is 0 Å². The van der Waals surface area contributed by atoms with Gasteiger partial charge in [-0.15, -0.1) is 13.2 Å². The van der Waals surface area contributed by atoms with Crippen molar-refractivity contribution >= 4 is 17.5 Å². The molecule has 1 saturated heterocycles. The van der Waals surface area contributed by atoms with Crippen LogP contribution in [0, 0.1) is 11.8 Å². The van der Waals surface area contributed by atoms with E-state index in [1.54, 1.807) is 0 Å². The molecular formula is C24H24F7N5O3. The molecule has 4 rings (SSSR count). The van der Waals surface area contributed by atoms with Gasteiger partial charge in [0, 0.05) is 42.7 Å². The molecular weight excluding hydrogens is 539 g/mol. The first-order chi connectivity index (χ1) is 18.1. The Morgan fingerprint density at radius 1 is 1.08 bits per heavy atom. The highest BCUT2D eigenvalue weighted by atomic mass is 19.4. The van der Waals surface area contributed by atoms with Gasteiger partial charge in [0.25, 0.3) is 5.91 Å². The number of hydrogen-bond acceptors (Lipinski definition) is 6. The molecule has 2 aromatic rings. The number of carbonyl (C=O) groups is 2. The van der Waals surface area contributed by atoms with E-state index in [0.29, 0.717) is 0 Å². The number of nitrogens with zero attached hydrogens (tertiary/aromatic N) is 4. The summed E-state index contributed by atoms with van der Waals surface area (Å²) < 4.78 is 94.3. The zero-order valence-electron chi connectivity index (χ0n) is 20.6. The highest BCUT2D eigenvalue weighted by Gasteiger charge is 2.58. The lowest BCUT2D eigenvalue weighted by Crippen LogP contribution is -2.66. The molecule has 1 N–H and O–H groups in total. The number of alkyl halides is 7. The molecule has 1 aliphatic heterocycles. The van der Waals surface area contributed by atoms with Crippen molar-refractivity contribution in [2.75, 3.05) is 24.5 Å². The van der Waals surface area contributed by atoms with Gasteiger partial charge in [-0.25, -0.2) is 14.4 Å². The standard InChI is InChI=1S/C24H24F7N5O3/c1-13-18(19(13)25)20(37)36(16-3-5-17(6-4-16)39-24(29,30)31)22(2,14-7-32-12-33-8-14)21(38)34-15-9-35(10-15)11-23(26,27)28/h3-8,12-13,15,18-19H,9-11H2,1-2H3,(H,34,38)/t13-,18-,19+,22-/m0/s1. The molecule has 39 heavy (non-hydrogen) atoms. The van der Waals surface area contributed by atoms with Gasteiger partial charge >= 0.3 is 12.5 Å². The number of likely N-dealkylation sites (tertiary alicyclic amines) is 1. The van der Waals surface area contributed by atoms with E-state index in [9.17, 15) is 40.3 Å². The average Bonchev–Trinajstić information content (AvgIpc) is 3.42. The Balaban J connectivity index is 1.69. The summed E-state index contributed by atoms with van der Waals surface area (Å²) in [6, 6.07) is 3.42. The molecule has 1 saturated carbocycles. The zero-order chi connectivity index (χ0) is 28.8. The Labute approximate surface area is 218 Å². The lowest BCUT2D eigenvalue weighted by Gasteiger charge is -2.44. The van der Waals surface area contributed by atoms with Crippen LogP contribution in [0.15, 0.2) is 43.0 Å². The molecule has 1 aliphatic carbocycles. The molecule has 2 fully saturated rings. The number of anilines is 1. The maximum Gasteiger partial charge on any atom is 0.573 e. The van der Waals surface area contributed by atoms with E-state index in [4.69, 9.17) is 0 Å². The van der Waals surface area contributed by atoms with Gasteiger partial charge in [-0.2, -0.15) is 13.2 Å². The summed E-state index contributed by atoms with van der Waals surface area (Å²) in [4.78, 5) is 37.3. The number of aromatic nitrogens is 2. The van der Waals surface area contributed by atoms with E-state index in [1.165, 1.54) is 32.6 Å². The topological polar surface area (TPSA) is 87.7 Å². The summed E-state index contributed by atoms with van der Waals surface area (Å²) >= 11 is 0. The summed E-state index contributed by atoms with van der Waals surface area (Å²) in [5, 5.41) is 2.64. The molecule has 0 unspecified atom stereocenters. The van der Waals surface area contributed by atoms with E-state index in [2.05, 4.69) is 20.0 Å². The lowest BCUT2D eigenvalue weighted by molar-refractivity contribution is -0.274. The van der Waals surface area contributed by atoms with Gasteiger partial charge in [-0.1, -0.05) is 6.92 Å². The molecule has 0 radical (unpaired) electrons. The summed E-state index contributed by atoms with van der Waals surface area (Å²) in [5.41, 5.74) is -1.92. The number of halogens is 7. The van der Waals surface area contributed by atoms with Crippen molar-refractivity contribution in [3.05, 3.63) is 48.5 Å². The Morgan fingerprint density at radius 3 is 2.13 bits per heavy atom. The predicted molar refractivity (Wildman–Crippen MR) is 122 cm³/mol. The van der Waals surface area contributed by atoms with Crippen LogP contribution in [0.5, 0.6) is 5.75 Å². The molecule has 0 bridgehead atoms. The Morgan fingerprint density at radius 2 is 1.64 bits per heavy atom. The van der Waals surface area contributed by atoms with Crippen molar-refractivity contribution in [2.24, 2.45) is 11.8 Å². The summed E-state index contributed by atoms with van der Waals surface area (Å²) in [7, 11) is 0. The zero-order valence-corrected chi connectivity index (χ0v) is 20.6. The van der Waals surface area contributed by atoms with E-state index < -0.39 is 66.2 Å². The largest absolute Gasteiger partial charge is 0.573 e. The Hall–Kier alpha value is -3.49. The molecule has 4 atom stereocenters. The fourth-order valence-corrected chi connectivity index (χ4v) is 4.61. The fourth-order valence-electron chi connectivity index (χ4n) is 4.61. The minimum Gasteiger partial charge on any atom is -0.406 e. The maximum atomic E-state index is 14.4. The Bertz CT molecular complexity index is 1180. The molecule has 212 valence electrons. The second kappa shape index (κ2) is 10.2. The number of nitrogens with one attached hydrogen (secondary N) is 1. The predicted octanol–water partition coefficient (Wildman–Crippen LogP) is 3.59. The van der Waals surface area contributed by atoms with Crippen molar-refractivity contribution in [3.8, 4) is 5.75 Å². The monoisotopic (exact) mass is 563 g/mol. The SMILES string of the molecule is C[C@@H]1[C@@H](F)[C@H]1C(=O)N(c1ccc(OC(F)(F)F)cc1)[C@](C)(C(=O)NC1CN(CC(F)(F)F)C1)c1cncnc1. The van der Waals surface area contributed by atoms with Crippen LogP contribution in [-0.2, 0) is 15.1 Å². The van der Waals surface area contributed by atoms with Gasteiger partial charge in [0.1, 0.15) is 18.2 Å². The summed E-state index contributed by atoms with van der Waals surface area (Å²) in [6.07, 6.45) is -7.24. The second-order valence-corrected chi connectivity index (χ2v) is 9.72. The van der Waals surface area contributed by atoms with Gasteiger partial charge in [-0.05, 0) is 31.2 Å². The van der Waals surface area contributed by atoms with E-state index in [1.807, 2.05) is 0 Å². The van der Waals surface area contributed by atoms with Crippen LogP contribution in [0.2, 0.25) is 0 Å². The first-order valence-electron chi connectivity index (χ1n) is 11.8. The number of ether oxygens (including phenoxy) is 1. The van der Waals surface area contributed by atoms with Crippen LogP contribution in [0.1, 0.15) is 19.4 Å². The smallest absolute Gasteiger partial charge is 0.406 e. The molecule has 2 heterocycles. The van der Waals surface area contributed by atoms with E-state index >= 15 is 0 Å². The maximum absolute atomic E-state index is 14.4. The first kappa shape index (κ1) is 28.5. The first-order valence-corrected chi connectivity index (χ1v) is 11.8. The normalized spacial score (nSPS) is 23.4. The molecule has 2 aliphatic rings. The van der Waals surface area contributed by atoms with Gasteiger partial charge in [0.05, 0.1) is 18.5 Å². The van der Waals surface area contributed by atoms with Crippen LogP contribution in [0.3, 0.4) is 0 Å². The van der Waals surface area contributed by atoms with Crippen LogP contribution in [0.4, 0.5) is 36.4 Å². The van der Waals surface area contributed by atoms with Crippen molar-refractivity contribution in [3.63, 3.8) is 0 Å². The Kier molecular flexibility index (Phi) is 7.49. The van der Waals surface area contributed by atoms with Crippen LogP contribution in [0.25, 0.3) is 0 Å². The van der Waals surface area contributed by atoms with Crippen LogP contribution < -0.4 is 15.0 Å². The molecule has 15 heteroatoms. The molecule has 1 aromatic carbocycles. The third-order valence-electron chi connectivity index (χ3n) is 6.81. The minimum atomic E-state index is -4.97. The van der Waals surface area contributed by atoms with Gasteiger partial charge in [-0.3, -0.25) is 19.4 Å². The van der Waals surface area contributed by atoms with E-state index in [-0.39, 0.29) is 24.3 Å². The number of carbonyl (C=O) groups excluding carboxylic acids is 2. The quantitative estimate of drug-likeness (QED) is 0.495. The molecule has 8 nitrogen and oxygen atoms in total. The highest BCUT2D eigenvalue weighted by molar-refractivity contribution is 6.06. The third kappa shape index (κ3) is 6.23. The summed E-state index contributed by atoms with van der Waals surface area (Å²) in [6.45, 7) is 1.47. The lowest BCUT2D eigenvalue weighted by atomic mass is 9.88. The molecule has 2 amide bonds. The van der Waals surface area contributed by atoms with Crippen molar-refractivity contribution in [1.82, 2.24) is 20.2 Å². The van der Waals surface area contributed by atoms with Crippen molar-refractivity contribution < 1.29 is 45.1 Å². The van der Waals surface area contributed by atoms with Crippen LogP contribution in [-0.4, -0.2) is 71.1 Å². The number of amides is 2. The molecule has 0 spiro atoms. The second-order valence-electron chi connectivity index (χ2n) is 9.72. The average molecular weight is 563 g/mol. The van der Waals surface area contributed by atoms with E-state index in [0.717, 1.165) is 34.1 Å². The number of benzene rings is 1. The van der Waals surface area contributed by atoms with Gasteiger partial charge in [0.15, 0.2) is 5.54 Å². The van der Waals surface area contributed by atoms with Gasteiger partial charge < -0.3 is 10.1 Å². The number of rotatable bonds is 8.